The van der Waals surface area contributed by atoms with Crippen LogP contribution in [-0.4, -0.2) is 28.4 Å². The third-order valence-corrected chi connectivity index (χ3v) is 4.73. The van der Waals surface area contributed by atoms with Crippen molar-refractivity contribution in [1.82, 2.24) is 15.1 Å². The molecule has 0 bridgehead atoms. The van der Waals surface area contributed by atoms with Crippen molar-refractivity contribution in [2.75, 3.05) is 6.61 Å². The fourth-order valence-electron chi connectivity index (χ4n) is 3.25. The molecule has 1 saturated heterocycles. The molecule has 6 nitrogen and oxygen atoms in total. The molecule has 132 valence electrons. The van der Waals surface area contributed by atoms with Gasteiger partial charge in [0.25, 0.3) is 11.5 Å². The maximum absolute atomic E-state index is 12.9. The zero-order valence-corrected chi connectivity index (χ0v) is 14.8. The van der Waals surface area contributed by atoms with Gasteiger partial charge in [0.05, 0.1) is 17.8 Å². The molecule has 2 aromatic rings. The molecule has 1 aromatic carbocycles. The Morgan fingerprint density at radius 1 is 1.32 bits per heavy atom. The van der Waals surface area contributed by atoms with Crippen LogP contribution in [0.2, 0.25) is 0 Å². The van der Waals surface area contributed by atoms with Crippen LogP contribution in [0.3, 0.4) is 0 Å². The third kappa shape index (κ3) is 3.49. The van der Waals surface area contributed by atoms with E-state index in [-0.39, 0.29) is 29.2 Å². The largest absolute Gasteiger partial charge is 0.376 e. The summed E-state index contributed by atoms with van der Waals surface area (Å²) in [6.45, 7) is 4.24. The Kier molecular flexibility index (Phi) is 4.99. The molecule has 6 heteroatoms. The smallest absolute Gasteiger partial charge is 0.279 e. The first-order chi connectivity index (χ1) is 12.0. The molecule has 0 saturated carbocycles. The van der Waals surface area contributed by atoms with E-state index < -0.39 is 0 Å². The summed E-state index contributed by atoms with van der Waals surface area (Å²) < 4.78 is 7.01. The van der Waals surface area contributed by atoms with Crippen LogP contribution in [0.4, 0.5) is 0 Å². The zero-order chi connectivity index (χ0) is 18.0. The third-order valence-electron chi connectivity index (χ3n) is 4.73. The average Bonchev–Trinajstić information content (AvgIpc) is 3.13. The van der Waals surface area contributed by atoms with Crippen molar-refractivity contribution in [2.45, 2.75) is 38.8 Å². The minimum absolute atomic E-state index is 0.0848. The summed E-state index contributed by atoms with van der Waals surface area (Å²) in [5, 5.41) is 7.15. The number of aryl methyl sites for hydroxylation is 2. The Morgan fingerprint density at radius 2 is 2.04 bits per heavy atom. The number of rotatable bonds is 4. The highest BCUT2D eigenvalue weighted by Crippen LogP contribution is 2.27. The number of amides is 1. The lowest BCUT2D eigenvalue weighted by atomic mass is 9.98. The second-order valence-electron chi connectivity index (χ2n) is 6.43. The zero-order valence-electron chi connectivity index (χ0n) is 14.8. The van der Waals surface area contributed by atoms with E-state index in [0.29, 0.717) is 17.9 Å². The van der Waals surface area contributed by atoms with E-state index in [2.05, 4.69) is 10.4 Å². The van der Waals surface area contributed by atoms with E-state index in [4.69, 9.17) is 4.74 Å². The lowest BCUT2D eigenvalue weighted by Crippen LogP contribution is -2.40. The molecule has 1 N–H and O–H groups in total. The Balaban J connectivity index is 1.95. The molecule has 1 aliphatic heterocycles. The van der Waals surface area contributed by atoms with Crippen LogP contribution in [0.15, 0.2) is 35.1 Å². The number of nitrogens with one attached hydrogen (secondary N) is 1. The summed E-state index contributed by atoms with van der Waals surface area (Å²) in [7, 11) is 1.56. The summed E-state index contributed by atoms with van der Waals surface area (Å²) in [6, 6.07) is 9.46. The summed E-state index contributed by atoms with van der Waals surface area (Å²) >= 11 is 0. The van der Waals surface area contributed by atoms with Gasteiger partial charge in [0.2, 0.25) is 0 Å². The van der Waals surface area contributed by atoms with Crippen LogP contribution in [0.25, 0.3) is 0 Å². The van der Waals surface area contributed by atoms with E-state index in [1.54, 1.807) is 20.9 Å². The van der Waals surface area contributed by atoms with Gasteiger partial charge in [-0.25, -0.2) is 4.68 Å². The fourth-order valence-corrected chi connectivity index (χ4v) is 3.25. The normalized spacial score (nSPS) is 18.1. The van der Waals surface area contributed by atoms with Gasteiger partial charge < -0.3 is 10.1 Å². The predicted octanol–water partition coefficient (Wildman–Crippen LogP) is 2.05. The second kappa shape index (κ2) is 7.19. The number of hydrogen-bond donors (Lipinski definition) is 1. The summed E-state index contributed by atoms with van der Waals surface area (Å²) in [4.78, 5) is 25.4. The lowest BCUT2D eigenvalue weighted by molar-refractivity contribution is 0.0671. The lowest BCUT2D eigenvalue weighted by Gasteiger charge is -2.25. The van der Waals surface area contributed by atoms with Crippen LogP contribution in [0.1, 0.15) is 46.1 Å². The minimum Gasteiger partial charge on any atom is -0.376 e. The van der Waals surface area contributed by atoms with Crippen LogP contribution in [0, 0.1) is 13.8 Å². The van der Waals surface area contributed by atoms with Crippen molar-refractivity contribution in [2.24, 2.45) is 7.05 Å². The van der Waals surface area contributed by atoms with Crippen LogP contribution >= 0.6 is 0 Å². The number of carbonyl (C=O) groups is 1. The van der Waals surface area contributed by atoms with Crippen molar-refractivity contribution in [3.05, 3.63) is 63.1 Å². The topological polar surface area (TPSA) is 73.2 Å². The van der Waals surface area contributed by atoms with Crippen molar-refractivity contribution < 1.29 is 9.53 Å². The molecular formula is C19H23N3O3. The molecule has 0 unspecified atom stereocenters. The van der Waals surface area contributed by atoms with E-state index in [9.17, 15) is 9.59 Å². The van der Waals surface area contributed by atoms with Crippen LogP contribution in [-0.2, 0) is 11.8 Å². The van der Waals surface area contributed by atoms with Crippen LogP contribution < -0.4 is 10.9 Å². The fraction of sp³-hybridized carbons (Fsp3) is 0.421. The Labute approximate surface area is 146 Å². The second-order valence-corrected chi connectivity index (χ2v) is 6.43. The molecule has 1 fully saturated rings. The van der Waals surface area contributed by atoms with Crippen molar-refractivity contribution in [3.8, 4) is 0 Å². The number of hydrogen-bond acceptors (Lipinski definition) is 4. The number of nitrogens with zero attached hydrogens (tertiary/aromatic N) is 2. The molecule has 2 atom stereocenters. The van der Waals surface area contributed by atoms with E-state index in [0.717, 1.165) is 18.4 Å². The maximum atomic E-state index is 12.9. The summed E-state index contributed by atoms with van der Waals surface area (Å²) in [5.41, 5.74) is 2.01. The Hall–Kier alpha value is -2.47. The highest BCUT2D eigenvalue weighted by molar-refractivity contribution is 5.95. The van der Waals surface area contributed by atoms with Gasteiger partial charge in [-0.05, 0) is 37.8 Å². The van der Waals surface area contributed by atoms with Gasteiger partial charge in [-0.3, -0.25) is 9.59 Å². The van der Waals surface area contributed by atoms with E-state index >= 15 is 0 Å². The summed E-state index contributed by atoms with van der Waals surface area (Å²) in [6.07, 6.45) is 1.77. The quantitative estimate of drug-likeness (QED) is 0.924. The van der Waals surface area contributed by atoms with Gasteiger partial charge in [-0.1, -0.05) is 30.3 Å². The van der Waals surface area contributed by atoms with Gasteiger partial charge in [-0.2, -0.15) is 5.10 Å². The monoisotopic (exact) mass is 341 g/mol. The molecule has 2 heterocycles. The maximum Gasteiger partial charge on any atom is 0.279 e. The van der Waals surface area contributed by atoms with Gasteiger partial charge in [0.15, 0.2) is 0 Å². The highest BCUT2D eigenvalue weighted by Gasteiger charge is 2.30. The first-order valence-electron chi connectivity index (χ1n) is 8.51. The van der Waals surface area contributed by atoms with E-state index in [1.807, 2.05) is 30.3 Å². The summed E-state index contributed by atoms with van der Waals surface area (Å²) in [5.74, 6) is -0.382. The molecule has 1 aromatic heterocycles. The van der Waals surface area contributed by atoms with Gasteiger partial charge in [0.1, 0.15) is 5.56 Å². The SMILES string of the molecule is Cc1nn(C)c(=O)c(C(=O)N[C@@H](c2ccccc2)[C@H]2CCCO2)c1C. The number of carbonyl (C=O) groups excluding carboxylic acids is 1. The minimum atomic E-state index is -0.389. The van der Waals surface area contributed by atoms with Gasteiger partial charge in [0, 0.05) is 13.7 Å². The molecule has 25 heavy (non-hydrogen) atoms. The predicted molar refractivity (Wildman–Crippen MR) is 94.6 cm³/mol. The molecule has 3 rings (SSSR count). The van der Waals surface area contributed by atoms with E-state index in [1.165, 1.54) is 4.68 Å². The van der Waals surface area contributed by atoms with Crippen molar-refractivity contribution in [1.29, 1.82) is 0 Å². The van der Waals surface area contributed by atoms with Gasteiger partial charge >= 0.3 is 0 Å². The Morgan fingerprint density at radius 3 is 2.68 bits per heavy atom. The Bertz CT molecular complexity index is 824. The first-order valence-corrected chi connectivity index (χ1v) is 8.51. The average molecular weight is 341 g/mol. The molecule has 0 radical (unpaired) electrons. The van der Waals surface area contributed by atoms with Crippen molar-refractivity contribution in [3.63, 3.8) is 0 Å². The highest BCUT2D eigenvalue weighted by atomic mass is 16.5. The van der Waals surface area contributed by atoms with Gasteiger partial charge in [-0.15, -0.1) is 0 Å². The van der Waals surface area contributed by atoms with Crippen molar-refractivity contribution >= 4 is 5.91 Å². The number of aromatic nitrogens is 2. The first kappa shape index (κ1) is 17.4. The van der Waals surface area contributed by atoms with Crippen LogP contribution in [0.5, 0.6) is 0 Å². The number of benzene rings is 1. The molecule has 1 amide bonds. The number of ether oxygens (including phenoxy) is 1. The molecule has 0 aliphatic carbocycles. The standard InChI is InChI=1S/C19H23N3O3/c1-12-13(2)21-22(3)19(24)16(12)18(23)20-17(15-10-7-11-25-15)14-8-5-4-6-9-14/h4-6,8-9,15,17H,7,10-11H2,1-3H3,(H,20,23)/t15-,17+/m1/s1. The molecular weight excluding hydrogens is 318 g/mol. The molecule has 1 aliphatic rings. The molecule has 0 spiro atoms.